The monoisotopic (exact) mass is 292 g/mol. The zero-order valence-electron chi connectivity index (χ0n) is 10.1. The van der Waals surface area contributed by atoms with Gasteiger partial charge in [-0.05, 0) is 41.5 Å². The first kappa shape index (κ1) is 14.5. The van der Waals surface area contributed by atoms with Crippen LogP contribution >= 0.6 is 11.8 Å². The van der Waals surface area contributed by atoms with Crippen molar-refractivity contribution in [3.8, 4) is 5.75 Å². The highest BCUT2D eigenvalue weighted by molar-refractivity contribution is 7.99. The molecule has 0 bridgehead atoms. The maximum atomic E-state index is 12.2. The number of hydrogen-bond acceptors (Lipinski definition) is 4. The topological polar surface area (TPSA) is 47.3 Å². The van der Waals surface area contributed by atoms with Gasteiger partial charge in [0.1, 0.15) is 5.75 Å². The molecule has 1 aliphatic rings. The van der Waals surface area contributed by atoms with E-state index < -0.39 is 6.36 Å². The van der Waals surface area contributed by atoms with Gasteiger partial charge in [0, 0.05) is 6.04 Å². The van der Waals surface area contributed by atoms with Crippen LogP contribution in [0.5, 0.6) is 5.75 Å². The van der Waals surface area contributed by atoms with Crippen LogP contribution in [0.25, 0.3) is 0 Å². The molecular weight excluding hydrogens is 277 g/mol. The SMILES string of the molecule is NNC(c1cccc(OC(F)(F)F)c1)C1CCSC1. The fourth-order valence-electron chi connectivity index (χ4n) is 2.23. The van der Waals surface area contributed by atoms with Crippen LogP contribution in [0.1, 0.15) is 18.0 Å². The van der Waals surface area contributed by atoms with E-state index in [1.807, 2.05) is 11.8 Å². The van der Waals surface area contributed by atoms with Gasteiger partial charge < -0.3 is 4.74 Å². The van der Waals surface area contributed by atoms with Crippen LogP contribution in [0.3, 0.4) is 0 Å². The van der Waals surface area contributed by atoms with E-state index in [1.165, 1.54) is 12.1 Å². The van der Waals surface area contributed by atoms with Crippen LogP contribution in [0.15, 0.2) is 24.3 Å². The van der Waals surface area contributed by atoms with Gasteiger partial charge in [-0.15, -0.1) is 13.2 Å². The third-order valence-corrected chi connectivity index (χ3v) is 4.25. The van der Waals surface area contributed by atoms with Crippen LogP contribution in [-0.2, 0) is 0 Å². The molecule has 1 saturated heterocycles. The van der Waals surface area contributed by atoms with Crippen LogP contribution in [0, 0.1) is 5.92 Å². The van der Waals surface area contributed by atoms with Crippen LogP contribution in [-0.4, -0.2) is 17.9 Å². The number of hydrogen-bond donors (Lipinski definition) is 2. The fourth-order valence-corrected chi connectivity index (χ4v) is 3.52. The summed E-state index contributed by atoms with van der Waals surface area (Å²) in [6.07, 6.45) is -3.67. The molecule has 106 valence electrons. The Kier molecular flexibility index (Phi) is 4.59. The quantitative estimate of drug-likeness (QED) is 0.662. The van der Waals surface area contributed by atoms with E-state index in [4.69, 9.17) is 5.84 Å². The van der Waals surface area contributed by atoms with Gasteiger partial charge in [0.05, 0.1) is 0 Å². The van der Waals surface area contributed by atoms with E-state index in [1.54, 1.807) is 12.1 Å². The van der Waals surface area contributed by atoms with Gasteiger partial charge in [0.15, 0.2) is 0 Å². The van der Waals surface area contributed by atoms with E-state index in [0.29, 0.717) is 5.92 Å². The molecule has 1 aromatic carbocycles. The summed E-state index contributed by atoms with van der Waals surface area (Å²) in [4.78, 5) is 0. The maximum Gasteiger partial charge on any atom is 0.573 e. The molecule has 0 aromatic heterocycles. The highest BCUT2D eigenvalue weighted by Gasteiger charge is 2.32. The van der Waals surface area contributed by atoms with Gasteiger partial charge in [-0.2, -0.15) is 11.8 Å². The van der Waals surface area contributed by atoms with Crippen molar-refractivity contribution in [2.75, 3.05) is 11.5 Å². The minimum absolute atomic E-state index is 0.146. The summed E-state index contributed by atoms with van der Waals surface area (Å²) in [6.45, 7) is 0. The van der Waals surface area contributed by atoms with Crippen molar-refractivity contribution in [2.45, 2.75) is 18.8 Å². The summed E-state index contributed by atoms with van der Waals surface area (Å²) in [7, 11) is 0. The summed E-state index contributed by atoms with van der Waals surface area (Å²) in [5.41, 5.74) is 3.42. The molecule has 1 aromatic rings. The number of alkyl halides is 3. The first-order valence-corrected chi connectivity index (χ1v) is 7.04. The van der Waals surface area contributed by atoms with Crippen molar-refractivity contribution < 1.29 is 17.9 Å². The van der Waals surface area contributed by atoms with Crippen molar-refractivity contribution in [3.63, 3.8) is 0 Å². The lowest BCUT2D eigenvalue weighted by Crippen LogP contribution is -2.33. The predicted octanol–water partition coefficient (Wildman–Crippen LogP) is 2.84. The Morgan fingerprint density at radius 1 is 1.42 bits per heavy atom. The van der Waals surface area contributed by atoms with Gasteiger partial charge in [-0.3, -0.25) is 11.3 Å². The lowest BCUT2D eigenvalue weighted by Gasteiger charge is -2.23. The number of thioether (sulfide) groups is 1. The molecule has 0 saturated carbocycles. The normalized spacial score (nSPS) is 21.4. The van der Waals surface area contributed by atoms with Gasteiger partial charge in [-0.1, -0.05) is 12.1 Å². The van der Waals surface area contributed by atoms with Crippen molar-refractivity contribution in [3.05, 3.63) is 29.8 Å². The molecular formula is C12H15F3N2OS. The van der Waals surface area contributed by atoms with Gasteiger partial charge in [-0.25, -0.2) is 0 Å². The number of benzene rings is 1. The Hall–Kier alpha value is -0.920. The third-order valence-electron chi connectivity index (χ3n) is 3.07. The highest BCUT2D eigenvalue weighted by Crippen LogP contribution is 2.35. The number of rotatable bonds is 4. The largest absolute Gasteiger partial charge is 0.573 e. The Bertz CT molecular complexity index is 422. The van der Waals surface area contributed by atoms with Crippen LogP contribution < -0.4 is 16.0 Å². The maximum absolute atomic E-state index is 12.2. The highest BCUT2D eigenvalue weighted by atomic mass is 32.2. The van der Waals surface area contributed by atoms with E-state index in [-0.39, 0.29) is 11.8 Å². The molecule has 7 heteroatoms. The standard InChI is InChI=1S/C12H15F3N2OS/c13-12(14,15)18-10-3-1-2-8(6-10)11(17-16)9-4-5-19-7-9/h1-3,6,9,11,17H,4-5,7,16H2. The third kappa shape index (κ3) is 4.02. The number of ether oxygens (including phenoxy) is 1. The summed E-state index contributed by atoms with van der Waals surface area (Å²) in [6, 6.07) is 5.83. The Morgan fingerprint density at radius 2 is 2.21 bits per heavy atom. The smallest absolute Gasteiger partial charge is 0.406 e. The molecule has 1 heterocycles. The van der Waals surface area contributed by atoms with Crippen molar-refractivity contribution in [2.24, 2.45) is 11.8 Å². The molecule has 0 amide bonds. The van der Waals surface area contributed by atoms with E-state index in [2.05, 4.69) is 10.2 Å². The minimum atomic E-state index is -4.67. The number of nitrogens with one attached hydrogen (secondary N) is 1. The molecule has 2 rings (SSSR count). The molecule has 3 nitrogen and oxygen atoms in total. The summed E-state index contributed by atoms with van der Waals surface area (Å²) in [5.74, 6) is 7.67. The molecule has 0 aliphatic carbocycles. The zero-order chi connectivity index (χ0) is 13.9. The fraction of sp³-hybridized carbons (Fsp3) is 0.500. The average molecular weight is 292 g/mol. The lowest BCUT2D eigenvalue weighted by atomic mass is 9.93. The predicted molar refractivity (Wildman–Crippen MR) is 68.6 cm³/mol. The minimum Gasteiger partial charge on any atom is -0.406 e. The van der Waals surface area contributed by atoms with E-state index in [9.17, 15) is 13.2 Å². The summed E-state index contributed by atoms with van der Waals surface area (Å²) in [5, 5.41) is 0. The van der Waals surface area contributed by atoms with Crippen molar-refractivity contribution >= 4 is 11.8 Å². The van der Waals surface area contributed by atoms with Gasteiger partial charge in [0.25, 0.3) is 0 Å². The lowest BCUT2D eigenvalue weighted by molar-refractivity contribution is -0.274. The van der Waals surface area contributed by atoms with Crippen LogP contribution in [0.2, 0.25) is 0 Å². The summed E-state index contributed by atoms with van der Waals surface area (Å²) >= 11 is 1.83. The second-order valence-corrected chi connectivity index (χ2v) is 5.54. The van der Waals surface area contributed by atoms with Crippen molar-refractivity contribution in [1.82, 2.24) is 5.43 Å². The molecule has 2 atom stereocenters. The van der Waals surface area contributed by atoms with E-state index >= 15 is 0 Å². The molecule has 19 heavy (non-hydrogen) atoms. The Morgan fingerprint density at radius 3 is 2.79 bits per heavy atom. The first-order chi connectivity index (χ1) is 8.99. The zero-order valence-corrected chi connectivity index (χ0v) is 10.9. The van der Waals surface area contributed by atoms with Gasteiger partial charge in [0.2, 0.25) is 0 Å². The molecule has 2 unspecified atom stereocenters. The summed E-state index contributed by atoms with van der Waals surface area (Å²) < 4.78 is 40.5. The van der Waals surface area contributed by atoms with Crippen LogP contribution in [0.4, 0.5) is 13.2 Å². The van der Waals surface area contributed by atoms with Crippen molar-refractivity contribution in [1.29, 1.82) is 0 Å². The Balaban J connectivity index is 2.16. The number of hydrazine groups is 1. The average Bonchev–Trinajstić information content (AvgIpc) is 2.82. The second kappa shape index (κ2) is 6.02. The van der Waals surface area contributed by atoms with E-state index in [0.717, 1.165) is 23.5 Å². The molecule has 1 aliphatic heterocycles. The molecule has 1 fully saturated rings. The second-order valence-electron chi connectivity index (χ2n) is 4.39. The first-order valence-electron chi connectivity index (χ1n) is 5.89. The van der Waals surface area contributed by atoms with Gasteiger partial charge >= 0.3 is 6.36 Å². The Labute approximate surface area is 113 Å². The molecule has 0 radical (unpaired) electrons. The number of halogens is 3. The molecule has 3 N–H and O–H groups in total. The number of nitrogens with two attached hydrogens (primary N) is 1. The molecule has 0 spiro atoms.